The molecule has 28 heavy (non-hydrogen) atoms. The highest BCUT2D eigenvalue weighted by Crippen LogP contribution is 2.31. The third kappa shape index (κ3) is 4.31. The lowest BCUT2D eigenvalue weighted by atomic mass is 9.82. The Kier molecular flexibility index (Phi) is 6.41. The standard InChI is InChI=1S/C19H18N2O4S.C2H6/c1-19(2,3)13-5-4-10-8-12(18(24)25)16(22)21-15(10)14(13)17(23)20-11-6-7-26-9-11;1-2/h4-9H,1-3H3,(H,20,23)(H,21,22)(H,24,25);1-2H3. The van der Waals surface area contributed by atoms with Crippen molar-refractivity contribution in [3.63, 3.8) is 0 Å². The van der Waals surface area contributed by atoms with Crippen molar-refractivity contribution >= 4 is 39.8 Å². The van der Waals surface area contributed by atoms with Crippen LogP contribution in [0.4, 0.5) is 5.69 Å². The third-order valence-corrected chi connectivity index (χ3v) is 4.75. The van der Waals surface area contributed by atoms with Gasteiger partial charge in [0.2, 0.25) is 0 Å². The number of carbonyl (C=O) groups excluding carboxylic acids is 1. The van der Waals surface area contributed by atoms with Crippen LogP contribution in [0, 0.1) is 0 Å². The van der Waals surface area contributed by atoms with Crippen LogP contribution in [0.3, 0.4) is 0 Å². The molecule has 0 bridgehead atoms. The summed E-state index contributed by atoms with van der Waals surface area (Å²) in [4.78, 5) is 39.0. The van der Waals surface area contributed by atoms with Crippen LogP contribution in [0.15, 0.2) is 39.8 Å². The summed E-state index contributed by atoms with van der Waals surface area (Å²) in [6.45, 7) is 9.91. The van der Waals surface area contributed by atoms with Crippen LogP contribution in [-0.4, -0.2) is 22.0 Å². The fraction of sp³-hybridized carbons (Fsp3) is 0.286. The van der Waals surface area contributed by atoms with Gasteiger partial charge in [0.05, 0.1) is 16.8 Å². The van der Waals surface area contributed by atoms with E-state index in [9.17, 15) is 14.4 Å². The average Bonchev–Trinajstić information content (AvgIpc) is 3.13. The van der Waals surface area contributed by atoms with Gasteiger partial charge in [0, 0.05) is 5.38 Å². The predicted octanol–water partition coefficient (Wildman–Crippen LogP) is 4.86. The van der Waals surface area contributed by atoms with E-state index in [1.165, 1.54) is 17.4 Å². The molecule has 7 heteroatoms. The predicted molar refractivity (Wildman–Crippen MR) is 114 cm³/mol. The Hall–Kier alpha value is -2.93. The first kappa shape index (κ1) is 21.4. The molecule has 0 spiro atoms. The number of hydrogen-bond donors (Lipinski definition) is 3. The van der Waals surface area contributed by atoms with Gasteiger partial charge in [-0.2, -0.15) is 11.3 Å². The molecule has 6 nitrogen and oxygen atoms in total. The van der Waals surface area contributed by atoms with Crippen LogP contribution < -0.4 is 10.9 Å². The minimum absolute atomic E-state index is 0.333. The van der Waals surface area contributed by atoms with Crippen LogP contribution in [-0.2, 0) is 5.41 Å². The van der Waals surface area contributed by atoms with E-state index in [4.69, 9.17) is 5.11 Å². The number of aromatic carboxylic acids is 1. The summed E-state index contributed by atoms with van der Waals surface area (Å²) in [6, 6.07) is 6.61. The van der Waals surface area contributed by atoms with Gasteiger partial charge >= 0.3 is 5.97 Å². The fourth-order valence-corrected chi connectivity index (χ4v) is 3.41. The highest BCUT2D eigenvalue weighted by molar-refractivity contribution is 7.08. The molecule has 148 valence electrons. The second-order valence-corrected chi connectivity index (χ2v) is 7.77. The van der Waals surface area contributed by atoms with Gasteiger partial charge in [0.25, 0.3) is 11.5 Å². The molecular formula is C21H24N2O4S. The fourth-order valence-electron chi connectivity index (χ4n) is 2.82. The van der Waals surface area contributed by atoms with Crippen molar-refractivity contribution in [3.05, 3.63) is 62.1 Å². The molecule has 3 aromatic rings. The minimum Gasteiger partial charge on any atom is -0.477 e. The largest absolute Gasteiger partial charge is 0.477 e. The molecule has 2 heterocycles. The van der Waals surface area contributed by atoms with E-state index >= 15 is 0 Å². The second kappa shape index (κ2) is 8.39. The van der Waals surface area contributed by atoms with E-state index < -0.39 is 11.5 Å². The van der Waals surface area contributed by atoms with Gasteiger partial charge in [-0.15, -0.1) is 0 Å². The number of rotatable bonds is 3. The highest BCUT2D eigenvalue weighted by Gasteiger charge is 2.25. The van der Waals surface area contributed by atoms with Crippen LogP contribution >= 0.6 is 11.3 Å². The van der Waals surface area contributed by atoms with E-state index in [1.54, 1.807) is 18.2 Å². The van der Waals surface area contributed by atoms with Gasteiger partial charge in [-0.1, -0.05) is 46.8 Å². The Morgan fingerprint density at radius 1 is 1.14 bits per heavy atom. The maximum absolute atomic E-state index is 13.0. The normalized spacial score (nSPS) is 10.9. The number of thiophene rings is 1. The lowest BCUT2D eigenvalue weighted by Crippen LogP contribution is -2.24. The molecule has 2 aromatic heterocycles. The average molecular weight is 401 g/mol. The molecule has 0 aliphatic carbocycles. The number of aromatic amines is 1. The van der Waals surface area contributed by atoms with Crippen LogP contribution in [0.2, 0.25) is 0 Å². The Morgan fingerprint density at radius 2 is 1.82 bits per heavy atom. The zero-order valence-electron chi connectivity index (χ0n) is 16.5. The van der Waals surface area contributed by atoms with Gasteiger partial charge in [-0.3, -0.25) is 9.59 Å². The molecule has 0 aliphatic rings. The number of nitrogens with one attached hydrogen (secondary N) is 2. The van der Waals surface area contributed by atoms with E-state index in [-0.39, 0.29) is 16.9 Å². The number of carbonyl (C=O) groups is 2. The van der Waals surface area contributed by atoms with E-state index in [0.717, 1.165) is 5.56 Å². The van der Waals surface area contributed by atoms with Crippen molar-refractivity contribution in [2.75, 3.05) is 5.32 Å². The summed E-state index contributed by atoms with van der Waals surface area (Å²) in [7, 11) is 0. The van der Waals surface area contributed by atoms with Crippen molar-refractivity contribution in [2.45, 2.75) is 40.0 Å². The van der Waals surface area contributed by atoms with Crippen molar-refractivity contribution in [2.24, 2.45) is 0 Å². The quantitative estimate of drug-likeness (QED) is 0.584. The lowest BCUT2D eigenvalue weighted by Gasteiger charge is -2.23. The minimum atomic E-state index is -1.31. The monoisotopic (exact) mass is 400 g/mol. The number of hydrogen-bond acceptors (Lipinski definition) is 4. The van der Waals surface area contributed by atoms with E-state index in [2.05, 4.69) is 10.3 Å². The first-order valence-electron chi connectivity index (χ1n) is 8.96. The third-order valence-electron chi connectivity index (χ3n) is 4.07. The number of anilines is 1. The molecule has 1 amide bonds. The second-order valence-electron chi connectivity index (χ2n) is 6.99. The summed E-state index contributed by atoms with van der Waals surface area (Å²) in [6.07, 6.45) is 0. The number of pyridine rings is 1. The summed E-state index contributed by atoms with van der Waals surface area (Å²) in [5, 5.41) is 16.1. The molecule has 0 saturated carbocycles. The summed E-state index contributed by atoms with van der Waals surface area (Å²) >= 11 is 1.46. The number of benzene rings is 1. The SMILES string of the molecule is CC.CC(C)(C)c1ccc2cc(C(=O)O)c(=O)[nH]c2c1C(=O)Nc1ccsc1. The highest BCUT2D eigenvalue weighted by atomic mass is 32.1. The molecule has 0 aliphatic heterocycles. The van der Waals surface area contributed by atoms with Gasteiger partial charge < -0.3 is 15.4 Å². The smallest absolute Gasteiger partial charge is 0.341 e. The molecule has 3 rings (SSSR count). The molecule has 0 unspecified atom stereocenters. The van der Waals surface area contributed by atoms with Crippen LogP contribution in [0.1, 0.15) is 60.9 Å². The Balaban J connectivity index is 0.00000136. The maximum Gasteiger partial charge on any atom is 0.341 e. The van der Waals surface area contributed by atoms with Crippen LogP contribution in [0.25, 0.3) is 10.9 Å². The molecule has 0 atom stereocenters. The molecule has 1 aromatic carbocycles. The van der Waals surface area contributed by atoms with E-state index in [1.807, 2.05) is 45.4 Å². The number of fused-ring (bicyclic) bond motifs is 1. The van der Waals surface area contributed by atoms with Gasteiger partial charge in [0.1, 0.15) is 5.56 Å². The Bertz CT molecular complexity index is 1060. The molecular weight excluding hydrogens is 376 g/mol. The van der Waals surface area contributed by atoms with Crippen molar-refractivity contribution in [1.82, 2.24) is 4.98 Å². The molecule has 0 saturated heterocycles. The first-order chi connectivity index (χ1) is 13.2. The zero-order chi connectivity index (χ0) is 21.1. The van der Waals surface area contributed by atoms with Gasteiger partial charge in [-0.05, 0) is 33.9 Å². The summed E-state index contributed by atoms with van der Waals surface area (Å²) in [5.74, 6) is -1.66. The van der Waals surface area contributed by atoms with Crippen molar-refractivity contribution < 1.29 is 14.7 Å². The number of H-pyrrole nitrogens is 1. The molecule has 3 N–H and O–H groups in total. The van der Waals surface area contributed by atoms with Crippen molar-refractivity contribution in [1.29, 1.82) is 0 Å². The first-order valence-corrected chi connectivity index (χ1v) is 9.90. The summed E-state index contributed by atoms with van der Waals surface area (Å²) in [5.41, 5.74) is 0.664. The number of carboxylic acids is 1. The van der Waals surface area contributed by atoms with Crippen molar-refractivity contribution in [3.8, 4) is 0 Å². The van der Waals surface area contributed by atoms with Gasteiger partial charge in [0.15, 0.2) is 0 Å². The Morgan fingerprint density at radius 3 is 2.36 bits per heavy atom. The molecule has 0 fully saturated rings. The maximum atomic E-state index is 13.0. The number of aromatic nitrogens is 1. The molecule has 0 radical (unpaired) electrons. The summed E-state index contributed by atoms with van der Waals surface area (Å²) < 4.78 is 0. The lowest BCUT2D eigenvalue weighted by molar-refractivity contribution is 0.0695. The zero-order valence-corrected chi connectivity index (χ0v) is 17.4. The van der Waals surface area contributed by atoms with Crippen LogP contribution in [0.5, 0.6) is 0 Å². The number of amides is 1. The van der Waals surface area contributed by atoms with E-state index in [0.29, 0.717) is 22.2 Å². The Labute approximate surface area is 167 Å². The number of carboxylic acid groups (broad SMARTS) is 1. The van der Waals surface area contributed by atoms with Gasteiger partial charge in [-0.25, -0.2) is 4.79 Å². The topological polar surface area (TPSA) is 99.3 Å².